The van der Waals surface area contributed by atoms with Gasteiger partial charge >= 0.3 is 0 Å². The van der Waals surface area contributed by atoms with E-state index < -0.39 is 6.04 Å². The Morgan fingerprint density at radius 3 is 2.39 bits per heavy atom. The van der Waals surface area contributed by atoms with Crippen molar-refractivity contribution in [3.8, 4) is 5.75 Å². The molecule has 0 aliphatic rings. The molecule has 0 aliphatic carbocycles. The quantitative estimate of drug-likeness (QED) is 0.791. The Morgan fingerprint density at radius 1 is 1.33 bits per heavy atom. The normalized spacial score (nSPS) is 11.9. The third kappa shape index (κ3) is 3.62. The van der Waals surface area contributed by atoms with E-state index in [-0.39, 0.29) is 30.0 Å². The minimum Gasteiger partial charge on any atom is -0.507 e. The number of rotatable bonds is 3. The van der Waals surface area contributed by atoms with Gasteiger partial charge in [-0.25, -0.2) is 0 Å². The van der Waals surface area contributed by atoms with Crippen LogP contribution in [0.25, 0.3) is 0 Å². The second-order valence-corrected chi connectivity index (χ2v) is 4.66. The highest BCUT2D eigenvalue weighted by atomic mass is 35.5. The van der Waals surface area contributed by atoms with Crippen LogP contribution in [-0.2, 0) is 4.79 Å². The maximum Gasteiger partial charge on any atom is 0.241 e. The molecule has 18 heavy (non-hydrogen) atoms. The molecule has 1 amide bonds. The molecule has 0 saturated heterocycles. The summed E-state index contributed by atoms with van der Waals surface area (Å²) in [4.78, 5) is 11.8. The highest BCUT2D eigenvalue weighted by Crippen LogP contribution is 2.28. The van der Waals surface area contributed by atoms with Gasteiger partial charge in [-0.2, -0.15) is 0 Å². The summed E-state index contributed by atoms with van der Waals surface area (Å²) >= 11 is 0. The van der Waals surface area contributed by atoms with E-state index >= 15 is 0 Å². The van der Waals surface area contributed by atoms with Crippen molar-refractivity contribution in [2.75, 3.05) is 5.32 Å². The Balaban J connectivity index is 0.00000289. The van der Waals surface area contributed by atoms with E-state index in [4.69, 9.17) is 5.73 Å². The van der Waals surface area contributed by atoms with Crippen molar-refractivity contribution in [1.29, 1.82) is 0 Å². The van der Waals surface area contributed by atoms with Crippen LogP contribution in [0.1, 0.15) is 25.0 Å². The minimum absolute atomic E-state index is 0. The van der Waals surface area contributed by atoms with Gasteiger partial charge in [-0.15, -0.1) is 12.4 Å². The fourth-order valence-electron chi connectivity index (χ4n) is 1.49. The first kappa shape index (κ1) is 16.7. The monoisotopic (exact) mass is 272 g/mol. The molecule has 0 fully saturated rings. The maximum atomic E-state index is 11.8. The van der Waals surface area contributed by atoms with E-state index in [2.05, 4.69) is 5.32 Å². The van der Waals surface area contributed by atoms with Crippen LogP contribution in [0.5, 0.6) is 5.75 Å². The molecule has 1 unspecified atom stereocenters. The SMILES string of the molecule is Cc1ccc(NC(=O)C(N)C(C)C)c(C)c1O.Cl. The van der Waals surface area contributed by atoms with Gasteiger partial charge in [-0.05, 0) is 31.4 Å². The number of phenolic OH excluding ortho intramolecular Hbond substituents is 1. The number of hydrogen-bond acceptors (Lipinski definition) is 3. The van der Waals surface area contributed by atoms with Crippen LogP contribution in [0.2, 0.25) is 0 Å². The summed E-state index contributed by atoms with van der Waals surface area (Å²) in [6.45, 7) is 7.36. The van der Waals surface area contributed by atoms with Crippen molar-refractivity contribution in [3.63, 3.8) is 0 Å². The number of carbonyl (C=O) groups is 1. The van der Waals surface area contributed by atoms with Gasteiger partial charge in [0.2, 0.25) is 5.91 Å². The predicted molar refractivity (Wildman–Crippen MR) is 76.3 cm³/mol. The lowest BCUT2D eigenvalue weighted by Gasteiger charge is -2.17. The second kappa shape index (κ2) is 6.61. The van der Waals surface area contributed by atoms with Gasteiger partial charge in [0.25, 0.3) is 0 Å². The highest BCUT2D eigenvalue weighted by Gasteiger charge is 2.18. The average Bonchev–Trinajstić information content (AvgIpc) is 2.28. The Morgan fingerprint density at radius 2 is 1.89 bits per heavy atom. The van der Waals surface area contributed by atoms with Gasteiger partial charge in [0.15, 0.2) is 0 Å². The maximum absolute atomic E-state index is 11.8. The summed E-state index contributed by atoms with van der Waals surface area (Å²) in [5.74, 6) is 0.0571. The summed E-state index contributed by atoms with van der Waals surface area (Å²) in [7, 11) is 0. The first-order chi connectivity index (χ1) is 7.84. The van der Waals surface area contributed by atoms with E-state index in [1.54, 1.807) is 19.1 Å². The Labute approximate surface area is 114 Å². The summed E-state index contributed by atoms with van der Waals surface area (Å²) in [6, 6.07) is 2.99. The molecule has 0 heterocycles. The zero-order chi connectivity index (χ0) is 13.2. The van der Waals surface area contributed by atoms with E-state index in [0.717, 1.165) is 5.56 Å². The highest BCUT2D eigenvalue weighted by molar-refractivity contribution is 5.95. The summed E-state index contributed by atoms with van der Waals surface area (Å²) < 4.78 is 0. The van der Waals surface area contributed by atoms with Crippen molar-refractivity contribution in [1.82, 2.24) is 0 Å². The molecule has 1 atom stereocenters. The van der Waals surface area contributed by atoms with Gasteiger partial charge in [0.1, 0.15) is 5.75 Å². The average molecular weight is 273 g/mol. The third-order valence-corrected chi connectivity index (χ3v) is 2.91. The number of phenols is 1. The third-order valence-electron chi connectivity index (χ3n) is 2.91. The van der Waals surface area contributed by atoms with Crippen molar-refractivity contribution in [3.05, 3.63) is 23.3 Å². The molecular weight excluding hydrogens is 252 g/mol. The molecule has 1 rings (SSSR count). The number of amides is 1. The van der Waals surface area contributed by atoms with Gasteiger partial charge in [-0.3, -0.25) is 4.79 Å². The molecular formula is C13H21ClN2O2. The van der Waals surface area contributed by atoms with Gasteiger partial charge in [-0.1, -0.05) is 19.9 Å². The summed E-state index contributed by atoms with van der Waals surface area (Å²) in [5.41, 5.74) is 7.80. The summed E-state index contributed by atoms with van der Waals surface area (Å²) in [5, 5.41) is 12.5. The fraction of sp³-hybridized carbons (Fsp3) is 0.462. The number of carbonyl (C=O) groups excluding carboxylic acids is 1. The minimum atomic E-state index is -0.544. The van der Waals surface area contributed by atoms with Crippen LogP contribution in [0, 0.1) is 19.8 Å². The lowest BCUT2D eigenvalue weighted by Crippen LogP contribution is -2.39. The fourth-order valence-corrected chi connectivity index (χ4v) is 1.49. The first-order valence-corrected chi connectivity index (χ1v) is 5.70. The van der Waals surface area contributed by atoms with Gasteiger partial charge in [0, 0.05) is 11.3 Å². The summed E-state index contributed by atoms with van der Waals surface area (Å²) in [6.07, 6.45) is 0. The number of halogens is 1. The van der Waals surface area contributed by atoms with E-state index in [1.165, 1.54) is 0 Å². The number of anilines is 1. The zero-order valence-electron chi connectivity index (χ0n) is 11.2. The molecule has 0 aliphatic heterocycles. The van der Waals surface area contributed by atoms with Gasteiger partial charge < -0.3 is 16.2 Å². The molecule has 1 aromatic carbocycles. The van der Waals surface area contributed by atoms with Crippen LogP contribution in [-0.4, -0.2) is 17.1 Å². The number of aromatic hydroxyl groups is 1. The predicted octanol–water partition coefficient (Wildman–Crippen LogP) is 2.35. The number of hydrogen-bond donors (Lipinski definition) is 3. The van der Waals surface area contributed by atoms with Gasteiger partial charge in [0.05, 0.1) is 6.04 Å². The van der Waals surface area contributed by atoms with Crippen LogP contribution >= 0.6 is 12.4 Å². The Bertz CT molecular complexity index is 433. The molecule has 5 heteroatoms. The number of nitrogens with two attached hydrogens (primary N) is 1. The molecule has 0 bridgehead atoms. The first-order valence-electron chi connectivity index (χ1n) is 5.70. The largest absolute Gasteiger partial charge is 0.507 e. The molecule has 0 radical (unpaired) electrons. The van der Waals surface area contributed by atoms with E-state index in [0.29, 0.717) is 11.3 Å². The van der Waals surface area contributed by atoms with Crippen molar-refractivity contribution >= 4 is 24.0 Å². The molecule has 1 aromatic rings. The molecule has 0 spiro atoms. The van der Waals surface area contributed by atoms with Crippen LogP contribution < -0.4 is 11.1 Å². The number of benzene rings is 1. The molecule has 4 nitrogen and oxygen atoms in total. The smallest absolute Gasteiger partial charge is 0.241 e. The lowest BCUT2D eigenvalue weighted by molar-refractivity contribution is -0.118. The molecule has 4 N–H and O–H groups in total. The number of aryl methyl sites for hydroxylation is 1. The molecule has 102 valence electrons. The Hall–Kier alpha value is -1.26. The van der Waals surface area contributed by atoms with Crippen LogP contribution in [0.4, 0.5) is 5.69 Å². The topological polar surface area (TPSA) is 75.4 Å². The zero-order valence-corrected chi connectivity index (χ0v) is 12.0. The number of nitrogens with one attached hydrogen (secondary N) is 1. The van der Waals surface area contributed by atoms with Crippen molar-refractivity contribution in [2.45, 2.75) is 33.7 Å². The van der Waals surface area contributed by atoms with Crippen molar-refractivity contribution in [2.24, 2.45) is 11.7 Å². The standard InChI is InChI=1S/C13H20N2O2.ClH/c1-7(2)11(14)13(17)15-10-6-5-8(3)12(16)9(10)4;/h5-7,11,16H,14H2,1-4H3,(H,15,17);1H. The van der Waals surface area contributed by atoms with E-state index in [9.17, 15) is 9.90 Å². The molecule has 0 aromatic heterocycles. The van der Waals surface area contributed by atoms with Crippen LogP contribution in [0.3, 0.4) is 0 Å². The van der Waals surface area contributed by atoms with Crippen LogP contribution in [0.15, 0.2) is 12.1 Å². The second-order valence-electron chi connectivity index (χ2n) is 4.66. The molecule has 0 saturated carbocycles. The Kier molecular flexibility index (Phi) is 6.15. The van der Waals surface area contributed by atoms with E-state index in [1.807, 2.05) is 20.8 Å². The lowest BCUT2D eigenvalue weighted by atomic mass is 10.0. The van der Waals surface area contributed by atoms with Crippen molar-refractivity contribution < 1.29 is 9.90 Å².